The van der Waals surface area contributed by atoms with Gasteiger partial charge in [0, 0.05) is 0 Å². The van der Waals surface area contributed by atoms with Gasteiger partial charge in [-0.15, -0.1) is 0 Å². The van der Waals surface area contributed by atoms with Crippen LogP contribution in [0.4, 0.5) is 0 Å². The third-order valence-electron chi connectivity index (χ3n) is 7.66. The van der Waals surface area contributed by atoms with Crippen molar-refractivity contribution in [1.29, 1.82) is 0 Å². The van der Waals surface area contributed by atoms with Gasteiger partial charge in [-0.2, -0.15) is 0 Å². The predicted octanol–water partition coefficient (Wildman–Crippen LogP) is 10.3. The molecule has 0 saturated carbocycles. The Bertz CT molecular complexity index is 1570. The van der Waals surface area contributed by atoms with Crippen molar-refractivity contribution < 1.29 is 22.6 Å². The van der Waals surface area contributed by atoms with Gasteiger partial charge in [-0.3, -0.25) is 0 Å². The molecular formula is C37H37O5P. The Morgan fingerprint density at radius 2 is 0.628 bits per heavy atom. The summed E-state index contributed by atoms with van der Waals surface area (Å²) < 4.78 is 34.5. The average Bonchev–Trinajstić information content (AvgIpc) is 3.58. The molecule has 1 heterocycles. The van der Waals surface area contributed by atoms with E-state index >= 15 is 0 Å². The molecule has 0 unspecified atom stereocenters. The molecule has 1 fully saturated rings. The molecule has 0 amide bonds. The maximum absolute atomic E-state index is 7.19. The quantitative estimate of drug-likeness (QED) is 0.180. The monoisotopic (exact) mass is 592 g/mol. The summed E-state index contributed by atoms with van der Waals surface area (Å²) in [6.07, 6.45) is -0.925. The average molecular weight is 593 g/mol. The Kier molecular flexibility index (Phi) is 6.64. The van der Waals surface area contributed by atoms with E-state index in [-0.39, 0.29) is 18.3 Å². The molecule has 0 N–H and O–H groups in total. The standard InChI is InChI=1S/C37H37O5P/c1-23(2)38-43(39-24(3)4,40-25(5)6)41-36(34-30-19-11-7-15-26(30)27-16-8-12-20-31(27)34)37(42-43)35-32-21-13-9-17-28(32)29-18-10-14-22-33(29)35/h7-25H,1-6H3. The van der Waals surface area contributed by atoms with Crippen molar-refractivity contribution in [3.8, 4) is 22.3 Å². The molecule has 1 aliphatic heterocycles. The van der Waals surface area contributed by atoms with Crippen molar-refractivity contribution in [3.63, 3.8) is 0 Å². The van der Waals surface area contributed by atoms with Crippen LogP contribution in [0.15, 0.2) is 109 Å². The van der Waals surface area contributed by atoms with Gasteiger partial charge in [-0.25, -0.2) is 0 Å². The van der Waals surface area contributed by atoms with Gasteiger partial charge in [0.25, 0.3) is 0 Å². The molecule has 0 radical (unpaired) electrons. The Morgan fingerprint density at radius 1 is 0.395 bits per heavy atom. The number of rotatable bonds is 6. The molecule has 0 aromatic heterocycles. The zero-order valence-electron chi connectivity index (χ0n) is 25.5. The molecule has 4 aromatic rings. The SMILES string of the molecule is CC(C)OP1(OC(C)C)(OC(C)C)OC(=C2c3ccccc3-c3ccccc32)C(=C2c3ccccc3-c3ccccc32)O1. The second kappa shape index (κ2) is 10.2. The van der Waals surface area contributed by atoms with Crippen molar-refractivity contribution in [2.75, 3.05) is 0 Å². The Hall–Kier alpha value is -3.73. The molecule has 0 atom stereocenters. The van der Waals surface area contributed by atoms with Gasteiger partial charge >= 0.3 is 254 Å². The van der Waals surface area contributed by atoms with Gasteiger partial charge in [0.05, 0.1) is 0 Å². The van der Waals surface area contributed by atoms with Gasteiger partial charge in [0.15, 0.2) is 0 Å². The van der Waals surface area contributed by atoms with Crippen LogP contribution in [0.25, 0.3) is 33.4 Å². The first-order chi connectivity index (χ1) is 20.7. The van der Waals surface area contributed by atoms with Crippen LogP contribution in [0.2, 0.25) is 0 Å². The zero-order chi connectivity index (χ0) is 30.0. The molecule has 5 nitrogen and oxygen atoms in total. The second-order valence-electron chi connectivity index (χ2n) is 12.0. The van der Waals surface area contributed by atoms with Crippen LogP contribution in [-0.4, -0.2) is 18.3 Å². The molecule has 7 rings (SSSR count). The van der Waals surface area contributed by atoms with Crippen LogP contribution < -0.4 is 0 Å². The van der Waals surface area contributed by atoms with E-state index in [1.54, 1.807) is 0 Å². The van der Waals surface area contributed by atoms with E-state index in [1.165, 1.54) is 0 Å². The van der Waals surface area contributed by atoms with Crippen molar-refractivity contribution >= 4 is 18.9 Å². The molecule has 43 heavy (non-hydrogen) atoms. The number of benzene rings is 4. The van der Waals surface area contributed by atoms with Crippen LogP contribution in [0.5, 0.6) is 0 Å². The molecule has 0 spiro atoms. The summed E-state index contributed by atoms with van der Waals surface area (Å²) >= 11 is 0. The molecular weight excluding hydrogens is 555 g/mol. The topological polar surface area (TPSA) is 46.2 Å². The molecule has 0 bridgehead atoms. The van der Waals surface area contributed by atoms with E-state index in [0.29, 0.717) is 11.5 Å². The van der Waals surface area contributed by atoms with Crippen molar-refractivity contribution in [1.82, 2.24) is 0 Å². The summed E-state index contributed by atoms with van der Waals surface area (Å²) in [5.41, 5.74) is 10.7. The fourth-order valence-electron chi connectivity index (χ4n) is 6.48. The Balaban J connectivity index is 1.64. The van der Waals surface area contributed by atoms with E-state index < -0.39 is 7.74 Å². The summed E-state index contributed by atoms with van der Waals surface area (Å²) in [5, 5.41) is 0. The van der Waals surface area contributed by atoms with Crippen LogP contribution in [-0.2, 0) is 22.6 Å². The van der Waals surface area contributed by atoms with E-state index in [2.05, 4.69) is 97.1 Å². The van der Waals surface area contributed by atoms with Crippen molar-refractivity contribution in [2.45, 2.75) is 59.9 Å². The first kappa shape index (κ1) is 28.1. The Morgan fingerprint density at radius 3 is 0.860 bits per heavy atom. The van der Waals surface area contributed by atoms with E-state index in [0.717, 1.165) is 55.7 Å². The second-order valence-corrected chi connectivity index (χ2v) is 14.5. The third-order valence-corrected chi connectivity index (χ3v) is 10.9. The van der Waals surface area contributed by atoms with E-state index in [1.807, 2.05) is 41.5 Å². The van der Waals surface area contributed by atoms with Crippen molar-refractivity contribution in [2.24, 2.45) is 0 Å². The van der Waals surface area contributed by atoms with Crippen LogP contribution in [0.3, 0.4) is 0 Å². The molecule has 4 aromatic carbocycles. The van der Waals surface area contributed by atoms with E-state index in [4.69, 9.17) is 22.6 Å². The number of hydrogen-bond donors (Lipinski definition) is 0. The van der Waals surface area contributed by atoms with Gasteiger partial charge in [0.2, 0.25) is 0 Å². The minimum atomic E-state index is -4.75. The molecule has 1 saturated heterocycles. The third kappa shape index (κ3) is 4.46. The first-order valence-corrected chi connectivity index (χ1v) is 16.9. The number of fused-ring (bicyclic) bond motifs is 6. The summed E-state index contributed by atoms with van der Waals surface area (Å²) in [4.78, 5) is 0. The zero-order valence-corrected chi connectivity index (χ0v) is 26.4. The molecule has 3 aliphatic rings. The van der Waals surface area contributed by atoms with Gasteiger partial charge < -0.3 is 0 Å². The summed E-state index contributed by atoms with van der Waals surface area (Å²) in [6.45, 7) is 11.7. The van der Waals surface area contributed by atoms with Crippen LogP contribution >= 0.6 is 7.74 Å². The van der Waals surface area contributed by atoms with Gasteiger partial charge in [0.1, 0.15) is 0 Å². The fraction of sp³-hybridized carbons (Fsp3) is 0.243. The summed E-state index contributed by atoms with van der Waals surface area (Å²) in [6, 6.07) is 33.7. The van der Waals surface area contributed by atoms with Gasteiger partial charge in [-0.05, 0) is 0 Å². The molecule has 2 aliphatic carbocycles. The Labute approximate surface area is 254 Å². The van der Waals surface area contributed by atoms with Crippen LogP contribution in [0.1, 0.15) is 63.8 Å². The summed E-state index contributed by atoms with van der Waals surface area (Å²) in [5.74, 6) is 1.14. The number of hydrogen-bond acceptors (Lipinski definition) is 5. The first-order valence-electron chi connectivity index (χ1n) is 15.1. The molecule has 220 valence electrons. The fourth-order valence-corrected chi connectivity index (χ4v) is 9.93. The van der Waals surface area contributed by atoms with Crippen LogP contribution in [0, 0.1) is 0 Å². The normalized spacial score (nSPS) is 18.2. The van der Waals surface area contributed by atoms with Gasteiger partial charge in [-0.1, -0.05) is 0 Å². The van der Waals surface area contributed by atoms with Crippen molar-refractivity contribution in [3.05, 3.63) is 131 Å². The minimum absolute atomic E-state index is 0.308. The predicted molar refractivity (Wildman–Crippen MR) is 174 cm³/mol. The van der Waals surface area contributed by atoms with E-state index in [9.17, 15) is 0 Å². The molecule has 6 heteroatoms. The maximum atomic E-state index is 7.19. The summed E-state index contributed by atoms with van der Waals surface area (Å²) in [7, 11) is -4.75.